The Morgan fingerprint density at radius 1 is 0.655 bits per heavy atom. The van der Waals surface area contributed by atoms with E-state index in [0.29, 0.717) is 24.2 Å². The summed E-state index contributed by atoms with van der Waals surface area (Å²) in [4.78, 5) is 24.6. The van der Waals surface area contributed by atoms with Gasteiger partial charge in [-0.1, -0.05) is 66.7 Å². The maximum atomic E-state index is 12.4. The zero-order valence-corrected chi connectivity index (χ0v) is 16.4. The number of carbonyl (C=O) groups excluding carboxylic acids is 2. The van der Waals surface area contributed by atoms with Crippen LogP contribution < -0.4 is 10.6 Å². The molecule has 4 heteroatoms. The first-order chi connectivity index (χ1) is 14.2. The number of hydrogen-bond acceptors (Lipinski definition) is 2. The molecule has 0 aliphatic carbocycles. The normalized spacial score (nSPS) is 11.4. The van der Waals surface area contributed by atoms with Crippen LogP contribution in [-0.2, 0) is 6.42 Å². The van der Waals surface area contributed by atoms with E-state index in [2.05, 4.69) is 22.8 Å². The van der Waals surface area contributed by atoms with E-state index < -0.39 is 0 Å². The van der Waals surface area contributed by atoms with Crippen molar-refractivity contribution in [1.82, 2.24) is 10.6 Å². The van der Waals surface area contributed by atoms with E-state index in [4.69, 9.17) is 0 Å². The Hall–Kier alpha value is -3.40. The molecule has 0 saturated carbocycles. The molecule has 4 nitrogen and oxygen atoms in total. The molecule has 0 spiro atoms. The van der Waals surface area contributed by atoms with E-state index in [0.717, 1.165) is 12.8 Å². The van der Waals surface area contributed by atoms with Crippen LogP contribution in [0.2, 0.25) is 0 Å². The third kappa shape index (κ3) is 6.61. The highest BCUT2D eigenvalue weighted by Crippen LogP contribution is 2.12. The SMILES string of the molecule is O=C(NCCC(CNC(=O)c1ccccc1)Cc1ccccc1)c1ccccc1. The second-order valence-electron chi connectivity index (χ2n) is 7.04. The number of amides is 2. The fourth-order valence-corrected chi connectivity index (χ4v) is 3.23. The van der Waals surface area contributed by atoms with E-state index >= 15 is 0 Å². The molecule has 0 aliphatic heterocycles. The van der Waals surface area contributed by atoms with Crippen molar-refractivity contribution in [1.29, 1.82) is 0 Å². The van der Waals surface area contributed by atoms with E-state index in [1.54, 1.807) is 12.1 Å². The van der Waals surface area contributed by atoms with Crippen LogP contribution >= 0.6 is 0 Å². The molecule has 0 aromatic heterocycles. The molecule has 3 aromatic carbocycles. The number of benzene rings is 3. The lowest BCUT2D eigenvalue weighted by molar-refractivity contribution is 0.0932. The summed E-state index contributed by atoms with van der Waals surface area (Å²) in [6, 6.07) is 28.6. The summed E-state index contributed by atoms with van der Waals surface area (Å²) in [6.07, 6.45) is 1.62. The topological polar surface area (TPSA) is 58.2 Å². The first-order valence-corrected chi connectivity index (χ1v) is 9.93. The lowest BCUT2D eigenvalue weighted by Gasteiger charge is -2.18. The van der Waals surface area contributed by atoms with Crippen molar-refractivity contribution < 1.29 is 9.59 Å². The van der Waals surface area contributed by atoms with Crippen molar-refractivity contribution in [3.05, 3.63) is 108 Å². The highest BCUT2D eigenvalue weighted by atomic mass is 16.2. The molecule has 148 valence electrons. The standard InChI is InChI=1S/C25H26N2O2/c28-24(22-12-6-2-7-13-22)26-17-16-21(18-20-10-4-1-5-11-20)19-27-25(29)23-14-8-3-9-15-23/h1-15,21H,16-19H2,(H,26,28)(H,27,29). The lowest BCUT2D eigenvalue weighted by Crippen LogP contribution is -2.33. The van der Waals surface area contributed by atoms with Gasteiger partial charge in [-0.15, -0.1) is 0 Å². The predicted octanol–water partition coefficient (Wildman–Crippen LogP) is 4.10. The van der Waals surface area contributed by atoms with Gasteiger partial charge in [-0.2, -0.15) is 0 Å². The third-order valence-corrected chi connectivity index (χ3v) is 4.83. The quantitative estimate of drug-likeness (QED) is 0.582. The van der Waals surface area contributed by atoms with Gasteiger partial charge in [-0.05, 0) is 48.6 Å². The van der Waals surface area contributed by atoms with Crippen LogP contribution in [0.5, 0.6) is 0 Å². The summed E-state index contributed by atoms with van der Waals surface area (Å²) in [5, 5.41) is 6.02. The van der Waals surface area contributed by atoms with E-state index in [9.17, 15) is 9.59 Å². The van der Waals surface area contributed by atoms with Gasteiger partial charge < -0.3 is 10.6 Å². The maximum absolute atomic E-state index is 12.4. The van der Waals surface area contributed by atoms with Crippen LogP contribution in [0.3, 0.4) is 0 Å². The van der Waals surface area contributed by atoms with E-state index in [-0.39, 0.29) is 17.7 Å². The van der Waals surface area contributed by atoms with E-state index in [1.807, 2.05) is 66.7 Å². The molecule has 2 amide bonds. The minimum absolute atomic E-state index is 0.0719. The zero-order valence-electron chi connectivity index (χ0n) is 16.4. The van der Waals surface area contributed by atoms with Crippen molar-refractivity contribution in [3.63, 3.8) is 0 Å². The monoisotopic (exact) mass is 386 g/mol. The van der Waals surface area contributed by atoms with Gasteiger partial charge in [0.1, 0.15) is 0 Å². The maximum Gasteiger partial charge on any atom is 0.251 e. The molecular formula is C25H26N2O2. The first kappa shape index (κ1) is 20.3. The molecule has 0 radical (unpaired) electrons. The van der Waals surface area contributed by atoms with Crippen LogP contribution in [0.15, 0.2) is 91.0 Å². The van der Waals surface area contributed by atoms with Gasteiger partial charge in [0.05, 0.1) is 0 Å². The summed E-state index contributed by atoms with van der Waals surface area (Å²) < 4.78 is 0. The lowest BCUT2D eigenvalue weighted by atomic mass is 9.95. The fourth-order valence-electron chi connectivity index (χ4n) is 3.23. The molecule has 0 saturated heterocycles. The summed E-state index contributed by atoms with van der Waals surface area (Å²) in [5.74, 6) is 0.0792. The summed E-state index contributed by atoms with van der Waals surface area (Å²) >= 11 is 0. The van der Waals surface area contributed by atoms with Gasteiger partial charge in [-0.25, -0.2) is 0 Å². The molecule has 2 N–H and O–H groups in total. The zero-order chi connectivity index (χ0) is 20.3. The molecule has 3 rings (SSSR count). The van der Waals surface area contributed by atoms with Gasteiger partial charge in [0.15, 0.2) is 0 Å². The summed E-state index contributed by atoms with van der Waals surface area (Å²) in [7, 11) is 0. The predicted molar refractivity (Wildman–Crippen MR) is 116 cm³/mol. The minimum atomic E-state index is -0.0722. The Morgan fingerprint density at radius 3 is 1.69 bits per heavy atom. The van der Waals surface area contributed by atoms with Gasteiger partial charge in [0, 0.05) is 24.2 Å². The second-order valence-corrected chi connectivity index (χ2v) is 7.04. The van der Waals surface area contributed by atoms with Crippen LogP contribution in [-0.4, -0.2) is 24.9 Å². The van der Waals surface area contributed by atoms with Gasteiger partial charge in [0.25, 0.3) is 11.8 Å². The number of hydrogen-bond donors (Lipinski definition) is 2. The van der Waals surface area contributed by atoms with Crippen LogP contribution in [0.4, 0.5) is 0 Å². The molecular weight excluding hydrogens is 360 g/mol. The largest absolute Gasteiger partial charge is 0.352 e. The van der Waals surface area contributed by atoms with Crippen molar-refractivity contribution in [3.8, 4) is 0 Å². The van der Waals surface area contributed by atoms with Crippen LogP contribution in [0.1, 0.15) is 32.7 Å². The molecule has 0 bridgehead atoms. The van der Waals surface area contributed by atoms with Crippen molar-refractivity contribution in [2.45, 2.75) is 12.8 Å². The highest BCUT2D eigenvalue weighted by Gasteiger charge is 2.13. The molecule has 0 fully saturated rings. The second kappa shape index (κ2) is 10.8. The number of nitrogens with one attached hydrogen (secondary N) is 2. The van der Waals surface area contributed by atoms with Gasteiger partial charge in [0.2, 0.25) is 0 Å². The highest BCUT2D eigenvalue weighted by molar-refractivity contribution is 5.94. The van der Waals surface area contributed by atoms with Crippen LogP contribution in [0.25, 0.3) is 0 Å². The molecule has 1 atom stereocenters. The Kier molecular flexibility index (Phi) is 7.58. The van der Waals surface area contributed by atoms with Crippen molar-refractivity contribution in [2.24, 2.45) is 5.92 Å². The Labute approximate surface area is 172 Å². The average Bonchev–Trinajstić information content (AvgIpc) is 2.79. The van der Waals surface area contributed by atoms with Crippen LogP contribution in [0, 0.1) is 5.92 Å². The van der Waals surface area contributed by atoms with E-state index in [1.165, 1.54) is 5.56 Å². The molecule has 29 heavy (non-hydrogen) atoms. The molecule has 3 aromatic rings. The molecule has 0 aliphatic rings. The van der Waals surface area contributed by atoms with Crippen molar-refractivity contribution >= 4 is 11.8 Å². The Morgan fingerprint density at radius 2 is 1.14 bits per heavy atom. The number of rotatable bonds is 9. The van der Waals surface area contributed by atoms with Gasteiger partial charge >= 0.3 is 0 Å². The van der Waals surface area contributed by atoms with Gasteiger partial charge in [-0.3, -0.25) is 9.59 Å². The molecule has 1 unspecified atom stereocenters. The first-order valence-electron chi connectivity index (χ1n) is 9.93. The minimum Gasteiger partial charge on any atom is -0.352 e. The smallest absolute Gasteiger partial charge is 0.251 e. The number of carbonyl (C=O) groups is 2. The Bertz CT molecular complexity index is 896. The fraction of sp³-hybridized carbons (Fsp3) is 0.200. The third-order valence-electron chi connectivity index (χ3n) is 4.83. The summed E-state index contributed by atoms with van der Waals surface area (Å²) in [5.41, 5.74) is 2.54. The van der Waals surface area contributed by atoms with Crippen molar-refractivity contribution in [2.75, 3.05) is 13.1 Å². The Balaban J connectivity index is 1.55. The summed E-state index contributed by atoms with van der Waals surface area (Å²) in [6.45, 7) is 1.12. The average molecular weight is 386 g/mol. The molecule has 0 heterocycles.